The minimum absolute atomic E-state index is 0.00317. The Morgan fingerprint density at radius 1 is 0.985 bits per heavy atom. The van der Waals surface area contributed by atoms with Crippen molar-refractivity contribution in [2.24, 2.45) is 28.8 Å². The third-order valence-electron chi connectivity index (χ3n) is 13.6. The predicted molar refractivity (Wildman–Crippen MR) is 257 cm³/mol. The Hall–Kier alpha value is -4.16. The minimum atomic E-state index is -1.39. The van der Waals surface area contributed by atoms with Crippen LogP contribution in [0.4, 0.5) is 4.39 Å². The van der Waals surface area contributed by atoms with E-state index < -0.39 is 23.3 Å². The Balaban J connectivity index is 1.39. The average Bonchev–Trinajstić information content (AvgIpc) is 3.83. The average molecular weight is 911 g/mol. The fourth-order valence-corrected chi connectivity index (χ4v) is 11.4. The van der Waals surface area contributed by atoms with Gasteiger partial charge >= 0.3 is 0 Å². The number of nitrogens with zero attached hydrogens (tertiary/aromatic N) is 2. The van der Waals surface area contributed by atoms with Gasteiger partial charge in [-0.1, -0.05) is 86.2 Å². The number of unbranched alkanes of at least 4 members (excludes halogenated alkanes) is 2. The largest absolute Gasteiger partial charge is 0.493 e. The van der Waals surface area contributed by atoms with E-state index in [4.69, 9.17) is 24.2 Å². The van der Waals surface area contributed by atoms with Crippen LogP contribution in [-0.2, 0) is 20.9 Å². The topological polar surface area (TPSA) is 110 Å². The maximum Gasteiger partial charge on any atom is 0.239 e. The van der Waals surface area contributed by atoms with Crippen molar-refractivity contribution in [2.45, 2.75) is 139 Å². The van der Waals surface area contributed by atoms with Crippen LogP contribution in [0.5, 0.6) is 11.5 Å². The Bertz CT molecular complexity index is 2070. The fraction of sp³-hybridized carbons (Fsp3) is 0.556. The summed E-state index contributed by atoms with van der Waals surface area (Å²) in [4.78, 5) is 24.6. The van der Waals surface area contributed by atoms with Crippen LogP contribution in [0.25, 0.3) is 0 Å². The van der Waals surface area contributed by atoms with Gasteiger partial charge in [-0.15, -0.1) is 18.3 Å². The van der Waals surface area contributed by atoms with Crippen LogP contribution in [-0.4, -0.2) is 76.3 Å². The van der Waals surface area contributed by atoms with E-state index in [1.807, 2.05) is 56.0 Å². The van der Waals surface area contributed by atoms with E-state index in [-0.39, 0.29) is 55.8 Å². The molecule has 0 spiro atoms. The first-order chi connectivity index (χ1) is 31.5. The second-order valence-electron chi connectivity index (χ2n) is 19.3. The molecule has 0 bridgehead atoms. The molecule has 3 aromatic rings. The summed E-state index contributed by atoms with van der Waals surface area (Å²) < 4.78 is 35.6. The molecule has 0 radical (unpaired) electrons. The number of carbonyl (C=O) groups excluding carboxylic acids is 1. The number of thioether (sulfide) groups is 1. The fourth-order valence-electron chi connectivity index (χ4n) is 10.7. The molecular weight excluding hydrogens is 840 g/mol. The normalized spacial score (nSPS) is 24.4. The summed E-state index contributed by atoms with van der Waals surface area (Å²) in [5.41, 5.74) is 2.97. The zero-order chi connectivity index (χ0) is 45.8. The summed E-state index contributed by atoms with van der Waals surface area (Å²) in [5, 5.41) is 25.0. The molecule has 3 aromatic carbocycles. The molecule has 11 heteroatoms. The summed E-state index contributed by atoms with van der Waals surface area (Å²) in [7, 11) is 0. The van der Waals surface area contributed by atoms with E-state index in [0.29, 0.717) is 44.0 Å². The number of hydrogen-bond acceptors (Lipinski definition) is 9. The van der Waals surface area contributed by atoms with Crippen LogP contribution in [0.2, 0.25) is 0 Å². The first-order valence-electron chi connectivity index (χ1n) is 24.1. The second kappa shape index (κ2) is 23.0. The molecular formula is C54H71FN2O7S. The maximum absolute atomic E-state index is 15.1. The number of ether oxygens (including phenoxy) is 3. The molecule has 2 fully saturated rings. The number of benzene rings is 3. The molecule has 6 unspecified atom stereocenters. The van der Waals surface area contributed by atoms with E-state index >= 15 is 4.79 Å². The third-order valence-corrected chi connectivity index (χ3v) is 14.6. The Morgan fingerprint density at radius 2 is 1.72 bits per heavy atom. The molecule has 3 aliphatic carbocycles. The number of carbonyl (C=O) groups is 1. The molecule has 6 atom stereocenters. The highest BCUT2D eigenvalue weighted by atomic mass is 32.2. The molecule has 352 valence electrons. The van der Waals surface area contributed by atoms with Crippen LogP contribution in [0.1, 0.15) is 121 Å². The Labute approximate surface area is 390 Å². The quantitative estimate of drug-likeness (QED) is 0.0419. The van der Waals surface area contributed by atoms with Crippen molar-refractivity contribution in [3.05, 3.63) is 114 Å². The van der Waals surface area contributed by atoms with Gasteiger partial charge in [0.15, 0.2) is 0 Å². The van der Waals surface area contributed by atoms with Crippen molar-refractivity contribution in [2.75, 3.05) is 32.2 Å². The zero-order valence-electron chi connectivity index (χ0n) is 38.8. The number of amides is 1. The van der Waals surface area contributed by atoms with Crippen LogP contribution in [0.3, 0.4) is 0 Å². The highest BCUT2D eigenvalue weighted by Gasteiger charge is 2.65. The molecule has 9 nitrogen and oxygen atoms in total. The molecule has 1 aliphatic heterocycles. The molecule has 0 aromatic heterocycles. The van der Waals surface area contributed by atoms with Crippen LogP contribution >= 0.6 is 11.8 Å². The van der Waals surface area contributed by atoms with Gasteiger partial charge in [0.25, 0.3) is 0 Å². The van der Waals surface area contributed by atoms with Gasteiger partial charge in [-0.2, -0.15) is 0 Å². The molecule has 0 saturated heterocycles. The van der Waals surface area contributed by atoms with Crippen molar-refractivity contribution < 1.29 is 38.4 Å². The number of aliphatic hydroxyl groups is 2. The van der Waals surface area contributed by atoms with E-state index in [9.17, 15) is 14.6 Å². The molecule has 65 heavy (non-hydrogen) atoms. The van der Waals surface area contributed by atoms with Gasteiger partial charge in [-0.25, -0.2) is 4.39 Å². The van der Waals surface area contributed by atoms with Gasteiger partial charge in [-0.3, -0.25) is 4.79 Å². The number of hydrogen-bond donors (Lipinski definition) is 2. The lowest BCUT2D eigenvalue weighted by atomic mass is 9.55. The highest BCUT2D eigenvalue weighted by molar-refractivity contribution is 7.99. The summed E-state index contributed by atoms with van der Waals surface area (Å²) in [6.07, 6.45) is 15.0. The van der Waals surface area contributed by atoms with E-state index in [2.05, 4.69) is 30.9 Å². The van der Waals surface area contributed by atoms with E-state index in [1.165, 1.54) is 29.9 Å². The number of aliphatic hydroxyl groups excluding tert-OH is 2. The van der Waals surface area contributed by atoms with Crippen molar-refractivity contribution in [3.63, 3.8) is 0 Å². The summed E-state index contributed by atoms with van der Waals surface area (Å²) >= 11 is 1.75. The first kappa shape index (κ1) is 48.8. The first-order valence-corrected chi connectivity index (χ1v) is 25.1. The van der Waals surface area contributed by atoms with Crippen LogP contribution < -0.4 is 9.47 Å². The molecule has 1 amide bonds. The van der Waals surface area contributed by atoms with Gasteiger partial charge < -0.3 is 34.2 Å². The number of fused-ring (bicyclic) bond motifs is 2. The standard InChI is InChI=1S/C54H71FN2O7S/c1-5-31-62-54-49(57(37-39-21-24-41(55)25-22-39)50(60)28-23-38-15-9-10-16-38)36-47(56-64-53(2,3)4)45-34-40(17-11-13-29-58)44(20-12-14-30-59)51(52(45)54)46-35-42(26-27-48(46)63-54)61-32-33-65-43-18-7-6-8-19-43/h5-8,18-19,21-22,24-27,34-35,38,40,44,49,51-52,58-59H,1,9-17,20,23,28-33,36-37H2,2-4H3. The maximum atomic E-state index is 15.1. The molecule has 2 N–H and O–H groups in total. The predicted octanol–water partition coefficient (Wildman–Crippen LogP) is 11.4. The van der Waals surface area contributed by atoms with Gasteiger partial charge in [0.1, 0.15) is 29.0 Å². The minimum Gasteiger partial charge on any atom is -0.493 e. The molecule has 1 heterocycles. The van der Waals surface area contributed by atoms with Gasteiger partial charge in [0.05, 0.1) is 24.8 Å². The number of allylic oxidation sites excluding steroid dienone is 1. The zero-order valence-corrected chi connectivity index (χ0v) is 39.6. The van der Waals surface area contributed by atoms with Gasteiger partial charge in [0, 0.05) is 54.7 Å². The van der Waals surface area contributed by atoms with Gasteiger partial charge in [0.2, 0.25) is 11.7 Å². The lowest BCUT2D eigenvalue weighted by Gasteiger charge is -2.60. The third kappa shape index (κ3) is 12.2. The van der Waals surface area contributed by atoms with Crippen molar-refractivity contribution in [1.82, 2.24) is 4.90 Å². The van der Waals surface area contributed by atoms with Crippen LogP contribution in [0, 0.1) is 29.5 Å². The smallest absolute Gasteiger partial charge is 0.239 e. The summed E-state index contributed by atoms with van der Waals surface area (Å²) in [6, 6.07) is 22.2. The van der Waals surface area contributed by atoms with E-state index in [0.717, 1.165) is 78.9 Å². The molecule has 2 saturated carbocycles. The van der Waals surface area contributed by atoms with Crippen molar-refractivity contribution in [3.8, 4) is 11.5 Å². The summed E-state index contributed by atoms with van der Waals surface area (Å²) in [6.45, 7) is 11.2. The van der Waals surface area contributed by atoms with Crippen LogP contribution in [0.15, 0.2) is 107 Å². The highest BCUT2D eigenvalue weighted by Crippen LogP contribution is 2.62. The lowest BCUT2D eigenvalue weighted by molar-refractivity contribution is -0.258. The molecule has 4 aliphatic rings. The number of halogens is 1. The number of oxime groups is 1. The molecule has 7 rings (SSSR count). The lowest BCUT2D eigenvalue weighted by Crippen LogP contribution is -2.70. The summed E-state index contributed by atoms with van der Waals surface area (Å²) in [5.74, 6) is 0.561. The second-order valence-corrected chi connectivity index (χ2v) is 20.5. The Morgan fingerprint density at radius 3 is 2.43 bits per heavy atom. The van der Waals surface area contributed by atoms with Crippen molar-refractivity contribution in [1.29, 1.82) is 0 Å². The Kier molecular flexibility index (Phi) is 17.3. The number of rotatable bonds is 23. The van der Waals surface area contributed by atoms with E-state index in [1.54, 1.807) is 30.0 Å². The van der Waals surface area contributed by atoms with Gasteiger partial charge in [-0.05, 0) is 124 Å². The SMILES string of the molecule is C=CCOC12Oc3ccc(OCCSc4ccccc4)cc3C3C(CCCCO)C(CCCCO)C=C(C(=NOC(C)(C)C)CC1N(Cc1ccc(F)cc1)C(=O)CCC1CCCC1)C32. The van der Waals surface area contributed by atoms with Crippen molar-refractivity contribution >= 4 is 23.4 Å². The monoisotopic (exact) mass is 910 g/mol.